The van der Waals surface area contributed by atoms with Gasteiger partial charge in [-0.1, -0.05) is 0 Å². The second-order valence-electron chi connectivity index (χ2n) is 6.63. The Morgan fingerprint density at radius 2 is 1.62 bits per heavy atom. The Bertz CT molecular complexity index is 581. The average molecular weight is 313 g/mol. The van der Waals surface area contributed by atoms with Crippen LogP contribution in [0.25, 0.3) is 0 Å². The number of hydrogen-bond acceptors (Lipinski definition) is 5. The van der Waals surface area contributed by atoms with Gasteiger partial charge in [0.25, 0.3) is 0 Å². The van der Waals surface area contributed by atoms with Gasteiger partial charge in [0, 0.05) is 23.2 Å². The molecule has 1 atom stereocenters. The molecule has 120 valence electrons. The largest absolute Gasteiger partial charge is 0.312 e. The van der Waals surface area contributed by atoms with Crippen LogP contribution < -0.4 is 5.32 Å². The molecule has 0 saturated carbocycles. The molecule has 21 heavy (non-hydrogen) atoms. The number of sulfone groups is 1. The molecular weight excluding hydrogens is 286 g/mol. The minimum atomic E-state index is -3.18. The summed E-state index contributed by atoms with van der Waals surface area (Å²) in [5.74, 6) is 0.389. The van der Waals surface area contributed by atoms with E-state index in [9.17, 15) is 8.42 Å². The minimum absolute atomic E-state index is 0.0768. The molecule has 1 heterocycles. The van der Waals surface area contributed by atoms with E-state index < -0.39 is 15.1 Å². The number of aromatic nitrogens is 2. The van der Waals surface area contributed by atoms with Crippen molar-refractivity contribution >= 4 is 9.84 Å². The van der Waals surface area contributed by atoms with E-state index in [0.29, 0.717) is 5.82 Å². The maximum Gasteiger partial charge on any atom is 0.157 e. The van der Waals surface area contributed by atoms with Crippen LogP contribution in [-0.2, 0) is 16.3 Å². The smallest absolute Gasteiger partial charge is 0.157 e. The van der Waals surface area contributed by atoms with Gasteiger partial charge in [0.05, 0.1) is 0 Å². The van der Waals surface area contributed by atoms with Gasteiger partial charge in [-0.2, -0.15) is 0 Å². The van der Waals surface area contributed by atoms with Gasteiger partial charge in [-0.05, 0) is 60.1 Å². The first kappa shape index (κ1) is 18.0. The van der Waals surface area contributed by atoms with Gasteiger partial charge in [0.1, 0.15) is 11.1 Å². The average Bonchev–Trinajstić information content (AvgIpc) is 2.28. The minimum Gasteiger partial charge on any atom is -0.312 e. The number of hydrogen-bond donors (Lipinski definition) is 1. The topological polar surface area (TPSA) is 72.0 Å². The van der Waals surface area contributed by atoms with E-state index in [0.717, 1.165) is 29.9 Å². The summed E-state index contributed by atoms with van der Waals surface area (Å²) >= 11 is 0. The number of rotatable bonds is 5. The van der Waals surface area contributed by atoms with Gasteiger partial charge in [0.2, 0.25) is 0 Å². The number of nitrogens with one attached hydrogen (secondary N) is 1. The van der Waals surface area contributed by atoms with Gasteiger partial charge in [0.15, 0.2) is 9.84 Å². The zero-order valence-corrected chi connectivity index (χ0v) is 14.9. The van der Waals surface area contributed by atoms with E-state index in [2.05, 4.69) is 36.1 Å². The van der Waals surface area contributed by atoms with Crippen molar-refractivity contribution in [3.8, 4) is 0 Å². The Kier molecular flexibility index (Phi) is 5.50. The highest BCUT2D eigenvalue weighted by atomic mass is 32.2. The molecule has 0 aliphatic rings. The highest BCUT2D eigenvalue weighted by Gasteiger charge is 2.22. The van der Waals surface area contributed by atoms with E-state index in [-0.39, 0.29) is 5.54 Å². The summed E-state index contributed by atoms with van der Waals surface area (Å²) in [6.07, 6.45) is 2.05. The van der Waals surface area contributed by atoms with Crippen LogP contribution in [0.15, 0.2) is 0 Å². The van der Waals surface area contributed by atoms with Crippen molar-refractivity contribution in [1.82, 2.24) is 15.3 Å². The van der Waals surface area contributed by atoms with Crippen molar-refractivity contribution in [3.63, 3.8) is 0 Å². The van der Waals surface area contributed by atoms with Crippen LogP contribution in [-0.4, -0.2) is 36.7 Å². The molecule has 1 rings (SSSR count). The van der Waals surface area contributed by atoms with Crippen molar-refractivity contribution < 1.29 is 8.42 Å². The van der Waals surface area contributed by atoms with E-state index >= 15 is 0 Å². The second-order valence-corrected chi connectivity index (χ2v) is 9.00. The lowest BCUT2D eigenvalue weighted by atomic mass is 10.1. The Balaban J connectivity index is 2.96. The molecule has 1 aromatic rings. The molecule has 0 aromatic carbocycles. The van der Waals surface area contributed by atoms with Crippen molar-refractivity contribution in [1.29, 1.82) is 0 Å². The fourth-order valence-corrected chi connectivity index (χ4v) is 2.55. The van der Waals surface area contributed by atoms with Crippen molar-refractivity contribution in [2.45, 2.75) is 58.8 Å². The third-order valence-corrected chi connectivity index (χ3v) is 4.97. The third kappa shape index (κ3) is 5.36. The lowest BCUT2D eigenvalue weighted by molar-refractivity contribution is 0.428. The fourth-order valence-electron chi connectivity index (χ4n) is 2.06. The lowest BCUT2D eigenvalue weighted by Gasteiger charge is -2.21. The van der Waals surface area contributed by atoms with E-state index in [4.69, 9.17) is 0 Å². The quantitative estimate of drug-likeness (QED) is 0.901. The summed E-state index contributed by atoms with van der Waals surface area (Å²) < 4.78 is 23.3. The molecule has 0 aliphatic carbocycles. The first-order valence-corrected chi connectivity index (χ1v) is 9.15. The summed E-state index contributed by atoms with van der Waals surface area (Å²) in [6.45, 7) is 12.7. The van der Waals surface area contributed by atoms with Crippen LogP contribution in [0, 0.1) is 13.8 Å². The van der Waals surface area contributed by atoms with E-state index in [1.54, 1.807) is 6.92 Å². The Morgan fingerprint density at radius 3 is 2.00 bits per heavy atom. The summed E-state index contributed by atoms with van der Waals surface area (Å²) in [4.78, 5) is 8.79. The van der Waals surface area contributed by atoms with Crippen molar-refractivity contribution in [2.75, 3.05) is 12.8 Å². The maximum atomic E-state index is 11.6. The van der Waals surface area contributed by atoms with Crippen LogP contribution >= 0.6 is 0 Å². The Morgan fingerprint density at radius 1 is 1.14 bits per heavy atom. The molecule has 0 radical (unpaired) electrons. The molecule has 0 fully saturated rings. The zero-order chi connectivity index (χ0) is 16.4. The summed E-state index contributed by atoms with van der Waals surface area (Å²) in [6, 6.07) is 0. The molecular formula is C15H27N3O2S. The van der Waals surface area contributed by atoms with Crippen LogP contribution in [0.4, 0.5) is 0 Å². The highest BCUT2D eigenvalue weighted by molar-refractivity contribution is 7.90. The van der Waals surface area contributed by atoms with Gasteiger partial charge in [-0.15, -0.1) is 0 Å². The molecule has 1 unspecified atom stereocenters. The monoisotopic (exact) mass is 313 g/mol. The Hall–Kier alpha value is -1.01. The second kappa shape index (κ2) is 6.40. The van der Waals surface area contributed by atoms with Crippen molar-refractivity contribution in [2.24, 2.45) is 0 Å². The molecule has 0 spiro atoms. The summed E-state index contributed by atoms with van der Waals surface area (Å²) in [5, 5.41) is 2.77. The lowest BCUT2D eigenvalue weighted by Crippen LogP contribution is -2.37. The Labute approximate surface area is 128 Å². The predicted molar refractivity (Wildman–Crippen MR) is 86.2 cm³/mol. The van der Waals surface area contributed by atoms with E-state index in [1.165, 1.54) is 6.26 Å². The number of aryl methyl sites for hydroxylation is 2. The molecule has 0 saturated heterocycles. The third-order valence-electron chi connectivity index (χ3n) is 3.47. The highest BCUT2D eigenvalue weighted by Crippen LogP contribution is 2.20. The normalized spacial score (nSPS) is 14.2. The molecule has 0 bridgehead atoms. The van der Waals surface area contributed by atoms with Crippen LogP contribution in [0.2, 0.25) is 0 Å². The fraction of sp³-hybridized carbons (Fsp3) is 0.733. The van der Waals surface area contributed by atoms with Gasteiger partial charge >= 0.3 is 0 Å². The SMILES string of the molecule is Cc1nc(C(C)S(C)(=O)=O)nc(C)c1CCNC(C)(C)C. The molecule has 1 N–H and O–H groups in total. The summed E-state index contributed by atoms with van der Waals surface area (Å²) in [7, 11) is -3.18. The van der Waals surface area contributed by atoms with Gasteiger partial charge in [-0.3, -0.25) is 0 Å². The zero-order valence-electron chi connectivity index (χ0n) is 14.1. The molecule has 0 amide bonds. The molecule has 0 aliphatic heterocycles. The maximum absolute atomic E-state index is 11.6. The van der Waals surface area contributed by atoms with Gasteiger partial charge < -0.3 is 5.32 Å². The predicted octanol–water partition coefficient (Wildman–Crippen LogP) is 2.13. The number of nitrogens with zero attached hydrogens (tertiary/aromatic N) is 2. The van der Waals surface area contributed by atoms with Gasteiger partial charge in [-0.25, -0.2) is 18.4 Å². The molecule has 1 aromatic heterocycles. The first-order valence-electron chi connectivity index (χ1n) is 7.19. The molecule has 6 heteroatoms. The summed E-state index contributed by atoms with van der Waals surface area (Å²) in [5.41, 5.74) is 2.90. The van der Waals surface area contributed by atoms with Crippen LogP contribution in [0.5, 0.6) is 0 Å². The standard InChI is InChI=1S/C15H27N3O2S/c1-10-13(8-9-16-15(4,5)6)11(2)18-14(17-10)12(3)21(7,19)20/h12,16H,8-9H2,1-7H3. The van der Waals surface area contributed by atoms with E-state index in [1.807, 2.05) is 13.8 Å². The van der Waals surface area contributed by atoms with Crippen LogP contribution in [0.3, 0.4) is 0 Å². The van der Waals surface area contributed by atoms with Crippen molar-refractivity contribution in [3.05, 3.63) is 22.8 Å². The van der Waals surface area contributed by atoms with Crippen LogP contribution in [0.1, 0.15) is 55.7 Å². The molecule has 5 nitrogen and oxygen atoms in total. The first-order chi connectivity index (χ1) is 9.42.